The second-order valence-corrected chi connectivity index (χ2v) is 7.34. The van der Waals surface area contributed by atoms with Crippen molar-refractivity contribution in [3.8, 4) is 0 Å². The predicted molar refractivity (Wildman–Crippen MR) is 108 cm³/mol. The molecule has 0 saturated heterocycles. The maximum atomic E-state index is 4.65. The third-order valence-corrected chi connectivity index (χ3v) is 4.99. The lowest BCUT2D eigenvalue weighted by Crippen LogP contribution is -2.40. The average molecular weight is 367 g/mol. The van der Waals surface area contributed by atoms with Crippen LogP contribution in [0.4, 0.5) is 5.00 Å². The van der Waals surface area contributed by atoms with Crippen LogP contribution in [0.5, 0.6) is 0 Å². The van der Waals surface area contributed by atoms with Crippen molar-refractivity contribution in [1.29, 1.82) is 0 Å². The molecule has 134 valence electrons. The summed E-state index contributed by atoms with van der Waals surface area (Å²) < 4.78 is 4.49. The summed E-state index contributed by atoms with van der Waals surface area (Å²) in [5.41, 5.74) is 3.27. The number of likely N-dealkylation sites (N-methyl/N-ethyl adjacent to an activating group) is 1. The summed E-state index contributed by atoms with van der Waals surface area (Å²) in [4.78, 5) is 11.2. The number of allylic oxidation sites excluding steroid dienone is 1. The van der Waals surface area contributed by atoms with Crippen LogP contribution in [0.15, 0.2) is 57.0 Å². The fourth-order valence-electron chi connectivity index (χ4n) is 2.82. The highest BCUT2D eigenvalue weighted by Crippen LogP contribution is 2.26. The number of hydrazone groups is 1. The van der Waals surface area contributed by atoms with Gasteiger partial charge in [0.2, 0.25) is 0 Å². The third-order valence-electron chi connectivity index (χ3n) is 4.27. The number of aromatic nitrogens is 1. The summed E-state index contributed by atoms with van der Waals surface area (Å²) in [7, 11) is 1.96. The molecule has 4 rings (SSSR count). The Morgan fingerprint density at radius 2 is 2.15 bits per heavy atom. The summed E-state index contributed by atoms with van der Waals surface area (Å²) in [5.74, 6) is 1.96. The van der Waals surface area contributed by atoms with Crippen molar-refractivity contribution in [1.82, 2.24) is 14.3 Å². The van der Waals surface area contributed by atoms with Crippen molar-refractivity contribution in [2.75, 3.05) is 25.5 Å². The number of nitrogens with zero attached hydrogens (tertiary/aromatic N) is 6. The Hall–Kier alpha value is -2.74. The molecular formula is C18H21N7S. The molecule has 7 nitrogen and oxygen atoms in total. The Morgan fingerprint density at radius 1 is 1.27 bits per heavy atom. The molecule has 0 saturated carbocycles. The van der Waals surface area contributed by atoms with Crippen molar-refractivity contribution >= 4 is 34.4 Å². The highest BCUT2D eigenvalue weighted by atomic mass is 32.1. The standard InChI is InChI=1S/C18H21N7S/c1-12(2)14-10-16(26-23-14)22-17-18-20-6-4-15(25(18)9-7-19-17)13-5-8-24(3)21-11-13/h4-5,7,9-12H,6,8H2,1-3H3,(H,19,22). The fraction of sp³-hybridized carbons (Fsp3) is 0.333. The predicted octanol–water partition coefficient (Wildman–Crippen LogP) is 3.02. The molecule has 1 aromatic heterocycles. The molecule has 3 aliphatic rings. The molecule has 0 bridgehead atoms. The van der Waals surface area contributed by atoms with Gasteiger partial charge in [-0.25, -0.2) is 4.99 Å². The van der Waals surface area contributed by atoms with E-state index in [9.17, 15) is 0 Å². The van der Waals surface area contributed by atoms with Crippen molar-refractivity contribution in [2.24, 2.45) is 15.1 Å². The first-order valence-electron chi connectivity index (χ1n) is 8.60. The quantitative estimate of drug-likeness (QED) is 0.892. The van der Waals surface area contributed by atoms with Gasteiger partial charge in [-0.2, -0.15) is 9.47 Å². The van der Waals surface area contributed by atoms with Crippen LogP contribution in [0.3, 0.4) is 0 Å². The fourth-order valence-corrected chi connectivity index (χ4v) is 3.61. The van der Waals surface area contributed by atoms with E-state index in [1.807, 2.05) is 24.5 Å². The van der Waals surface area contributed by atoms with E-state index in [0.717, 1.165) is 40.2 Å². The van der Waals surface area contributed by atoms with Crippen molar-refractivity contribution < 1.29 is 0 Å². The Kier molecular flexibility index (Phi) is 4.42. The summed E-state index contributed by atoms with van der Waals surface area (Å²) in [6.07, 6.45) is 9.91. The largest absolute Gasteiger partial charge is 0.328 e. The number of rotatable bonds is 3. The molecule has 0 atom stereocenters. The Balaban J connectivity index is 1.55. The minimum absolute atomic E-state index is 0.406. The van der Waals surface area contributed by atoms with E-state index in [1.54, 1.807) is 6.20 Å². The number of amidine groups is 2. The molecule has 3 aliphatic heterocycles. The van der Waals surface area contributed by atoms with Crippen LogP contribution in [0, 0.1) is 0 Å². The Labute approximate surface area is 157 Å². The lowest BCUT2D eigenvalue weighted by molar-refractivity contribution is 0.392. The summed E-state index contributed by atoms with van der Waals surface area (Å²) in [5, 5.41) is 10.6. The molecule has 0 unspecified atom stereocenters. The van der Waals surface area contributed by atoms with Gasteiger partial charge < -0.3 is 5.32 Å². The SMILES string of the molecule is CC(C)c1cc(NC2=NC=CN3C(C4=CCN(C)N=C4)=CCN=C23)sn1. The van der Waals surface area contributed by atoms with E-state index in [1.165, 1.54) is 11.5 Å². The van der Waals surface area contributed by atoms with Crippen LogP contribution in [0.25, 0.3) is 0 Å². The van der Waals surface area contributed by atoms with Crippen molar-refractivity contribution in [3.05, 3.63) is 47.6 Å². The zero-order valence-corrected chi connectivity index (χ0v) is 15.9. The molecule has 0 spiro atoms. The monoisotopic (exact) mass is 367 g/mol. The molecule has 8 heteroatoms. The smallest absolute Gasteiger partial charge is 0.176 e. The van der Waals surface area contributed by atoms with Gasteiger partial charge in [0.15, 0.2) is 11.7 Å². The molecule has 0 radical (unpaired) electrons. The summed E-state index contributed by atoms with van der Waals surface area (Å²) in [6.45, 7) is 5.70. The first kappa shape index (κ1) is 16.7. The van der Waals surface area contributed by atoms with Gasteiger partial charge in [0.05, 0.1) is 30.7 Å². The molecule has 1 aromatic rings. The first-order valence-corrected chi connectivity index (χ1v) is 9.37. The molecule has 4 heterocycles. The molecule has 26 heavy (non-hydrogen) atoms. The van der Waals surface area contributed by atoms with Crippen LogP contribution in [-0.4, -0.2) is 52.3 Å². The molecule has 0 aromatic carbocycles. The Bertz CT molecular complexity index is 885. The highest BCUT2D eigenvalue weighted by molar-refractivity contribution is 7.10. The first-order chi connectivity index (χ1) is 12.6. The van der Waals surface area contributed by atoms with Crippen molar-refractivity contribution in [3.63, 3.8) is 0 Å². The summed E-state index contributed by atoms with van der Waals surface area (Å²) >= 11 is 1.45. The van der Waals surface area contributed by atoms with Crippen LogP contribution in [0.1, 0.15) is 25.5 Å². The second kappa shape index (κ2) is 6.87. The van der Waals surface area contributed by atoms with Gasteiger partial charge in [0, 0.05) is 25.0 Å². The van der Waals surface area contributed by atoms with Crippen LogP contribution in [-0.2, 0) is 0 Å². The number of hydrogen-bond donors (Lipinski definition) is 1. The lowest BCUT2D eigenvalue weighted by Gasteiger charge is -2.31. The number of nitrogens with one attached hydrogen (secondary N) is 1. The maximum Gasteiger partial charge on any atom is 0.176 e. The normalized spacial score (nSPS) is 19.1. The maximum absolute atomic E-state index is 4.65. The molecule has 0 fully saturated rings. The van der Waals surface area contributed by atoms with Crippen molar-refractivity contribution in [2.45, 2.75) is 19.8 Å². The van der Waals surface area contributed by atoms with Gasteiger partial charge >= 0.3 is 0 Å². The molecule has 0 amide bonds. The summed E-state index contributed by atoms with van der Waals surface area (Å²) in [6, 6.07) is 2.08. The number of hydrogen-bond acceptors (Lipinski definition) is 8. The van der Waals surface area contributed by atoms with Crippen LogP contribution >= 0.6 is 11.5 Å². The average Bonchev–Trinajstić information content (AvgIpc) is 3.11. The van der Waals surface area contributed by atoms with Crippen LogP contribution in [0.2, 0.25) is 0 Å². The molecule has 0 aliphatic carbocycles. The minimum Gasteiger partial charge on any atom is -0.328 e. The van der Waals surface area contributed by atoms with E-state index >= 15 is 0 Å². The lowest BCUT2D eigenvalue weighted by atomic mass is 10.1. The second-order valence-electron chi connectivity index (χ2n) is 6.54. The van der Waals surface area contributed by atoms with E-state index in [2.05, 4.69) is 61.7 Å². The van der Waals surface area contributed by atoms with E-state index < -0.39 is 0 Å². The minimum atomic E-state index is 0.406. The number of aliphatic imine (C=N–C) groups is 2. The molecular weight excluding hydrogens is 346 g/mol. The van der Waals surface area contributed by atoms with Gasteiger partial charge in [-0.05, 0) is 29.6 Å². The van der Waals surface area contributed by atoms with E-state index in [4.69, 9.17) is 0 Å². The van der Waals surface area contributed by atoms with Gasteiger partial charge in [-0.15, -0.1) is 0 Å². The van der Waals surface area contributed by atoms with E-state index in [0.29, 0.717) is 12.5 Å². The molecule has 1 N–H and O–H groups in total. The third kappa shape index (κ3) is 3.20. The Morgan fingerprint density at radius 3 is 2.88 bits per heavy atom. The number of fused-ring (bicyclic) bond motifs is 1. The zero-order chi connectivity index (χ0) is 18.1. The number of anilines is 1. The topological polar surface area (TPSA) is 68.5 Å². The highest BCUT2D eigenvalue weighted by Gasteiger charge is 2.26. The van der Waals surface area contributed by atoms with Crippen LogP contribution < -0.4 is 5.32 Å². The van der Waals surface area contributed by atoms with E-state index in [-0.39, 0.29) is 0 Å². The zero-order valence-electron chi connectivity index (χ0n) is 15.0. The van der Waals surface area contributed by atoms with Gasteiger partial charge in [-0.3, -0.25) is 14.9 Å². The van der Waals surface area contributed by atoms with Gasteiger partial charge in [-0.1, -0.05) is 19.9 Å². The van der Waals surface area contributed by atoms with Gasteiger partial charge in [0.25, 0.3) is 0 Å². The van der Waals surface area contributed by atoms with Gasteiger partial charge in [0.1, 0.15) is 5.00 Å².